The zero-order valence-electron chi connectivity index (χ0n) is 24.4. The molecule has 4 aromatic rings. The van der Waals surface area contributed by atoms with Gasteiger partial charge in [0.15, 0.2) is 5.75 Å². The summed E-state index contributed by atoms with van der Waals surface area (Å²) in [5.74, 6) is -2.30. The molecule has 0 saturated heterocycles. The second-order valence-electron chi connectivity index (χ2n) is 10.9. The second-order valence-corrected chi connectivity index (χ2v) is 11.3. The van der Waals surface area contributed by atoms with Gasteiger partial charge < -0.3 is 25.6 Å². The number of halogens is 4. The summed E-state index contributed by atoms with van der Waals surface area (Å²) < 4.78 is 50.8. The molecule has 236 valence electrons. The fourth-order valence-corrected chi connectivity index (χ4v) is 5.52. The number of carbonyl (C=O) groups is 2. The first-order chi connectivity index (χ1) is 21.4. The third-order valence-corrected chi connectivity index (χ3v) is 7.78. The van der Waals surface area contributed by atoms with E-state index in [4.69, 9.17) is 27.1 Å². The molecular formula is C32H30ClF3N4O5. The number of nitrogens with zero attached hydrogens (tertiary/aromatic N) is 2. The first kappa shape index (κ1) is 32.0. The number of alkyl halides is 2. The number of fused-ring (bicyclic) bond motifs is 1. The summed E-state index contributed by atoms with van der Waals surface area (Å²) in [5.41, 5.74) is 5.62. The van der Waals surface area contributed by atoms with Crippen molar-refractivity contribution in [3.63, 3.8) is 0 Å². The summed E-state index contributed by atoms with van der Waals surface area (Å²) >= 11 is 6.39. The molecule has 13 heteroatoms. The maximum absolute atomic E-state index is 13.9. The van der Waals surface area contributed by atoms with Gasteiger partial charge in [0.05, 0.1) is 30.3 Å². The maximum Gasteiger partial charge on any atom is 0.387 e. The van der Waals surface area contributed by atoms with Crippen molar-refractivity contribution in [3.8, 4) is 22.8 Å². The quantitative estimate of drug-likeness (QED) is 0.187. The predicted molar refractivity (Wildman–Crippen MR) is 161 cm³/mol. The molecule has 1 saturated carbocycles. The van der Waals surface area contributed by atoms with E-state index in [1.54, 1.807) is 19.9 Å². The maximum atomic E-state index is 13.9. The number of nitrogens with one attached hydrogen (secondary N) is 1. The van der Waals surface area contributed by atoms with Crippen LogP contribution in [0.15, 0.2) is 48.7 Å². The molecule has 2 heterocycles. The van der Waals surface area contributed by atoms with E-state index in [2.05, 4.69) is 15.0 Å². The molecule has 2 amide bonds. The number of primary amides is 1. The number of aryl methyl sites for hydroxylation is 1. The molecule has 9 nitrogen and oxygen atoms in total. The van der Waals surface area contributed by atoms with Gasteiger partial charge in [-0.15, -0.1) is 0 Å². The molecule has 0 radical (unpaired) electrons. The highest BCUT2D eigenvalue weighted by Crippen LogP contribution is 2.47. The molecule has 2 aromatic carbocycles. The number of hydrogen-bond acceptors (Lipinski definition) is 7. The molecule has 1 aliphatic carbocycles. The Balaban J connectivity index is 1.55. The summed E-state index contributed by atoms with van der Waals surface area (Å²) in [5, 5.41) is 15.3. The summed E-state index contributed by atoms with van der Waals surface area (Å²) in [6.45, 7) is 0.236. The molecule has 4 N–H and O–H groups in total. The van der Waals surface area contributed by atoms with E-state index in [-0.39, 0.29) is 64.5 Å². The SMILES string of the molecule is CCOc1c(CC(N)=O)cc([C@@](O)(CNC(=O)c2cc(OC(F)F)c3ncc(C)cc3c2)C2CC2)nc1-c1ccc(F)cc1Cl. The number of aliphatic hydroxyl groups is 1. The van der Waals surface area contributed by atoms with Crippen molar-refractivity contribution in [3.05, 3.63) is 81.9 Å². The number of carbonyl (C=O) groups excluding carboxylic acids is 2. The average Bonchev–Trinajstić information content (AvgIpc) is 3.82. The first-order valence-corrected chi connectivity index (χ1v) is 14.5. The van der Waals surface area contributed by atoms with E-state index in [0.29, 0.717) is 29.4 Å². The van der Waals surface area contributed by atoms with Crippen LogP contribution in [0.1, 0.15) is 46.9 Å². The molecule has 5 rings (SSSR count). The van der Waals surface area contributed by atoms with Gasteiger partial charge in [-0.3, -0.25) is 14.6 Å². The van der Waals surface area contributed by atoms with E-state index in [0.717, 1.165) is 17.7 Å². The van der Waals surface area contributed by atoms with Gasteiger partial charge in [-0.2, -0.15) is 8.78 Å². The normalized spacial score (nSPS) is 14.3. The number of benzene rings is 2. The number of ether oxygens (including phenoxy) is 2. The fraction of sp³-hybridized carbons (Fsp3) is 0.312. The zero-order valence-corrected chi connectivity index (χ0v) is 25.1. The van der Waals surface area contributed by atoms with Gasteiger partial charge in [0.2, 0.25) is 5.91 Å². The van der Waals surface area contributed by atoms with Crippen LogP contribution >= 0.6 is 11.6 Å². The topological polar surface area (TPSA) is 137 Å². The number of rotatable bonds is 12. The zero-order chi connectivity index (χ0) is 32.5. The third kappa shape index (κ3) is 6.97. The predicted octanol–water partition coefficient (Wildman–Crippen LogP) is 5.45. The summed E-state index contributed by atoms with van der Waals surface area (Å²) in [4.78, 5) is 34.3. The highest BCUT2D eigenvalue weighted by molar-refractivity contribution is 6.33. The number of aromatic nitrogens is 2. The number of amides is 2. The van der Waals surface area contributed by atoms with Crippen LogP contribution in [0.3, 0.4) is 0 Å². The number of pyridine rings is 2. The molecule has 0 spiro atoms. The van der Waals surface area contributed by atoms with Gasteiger partial charge in [-0.25, -0.2) is 9.37 Å². The van der Waals surface area contributed by atoms with Crippen LogP contribution in [0.2, 0.25) is 5.02 Å². The molecule has 2 aromatic heterocycles. The van der Waals surface area contributed by atoms with E-state index in [9.17, 15) is 27.9 Å². The molecule has 0 unspecified atom stereocenters. The third-order valence-electron chi connectivity index (χ3n) is 7.47. The van der Waals surface area contributed by atoms with Crippen molar-refractivity contribution < 1.29 is 37.3 Å². The molecular weight excluding hydrogens is 613 g/mol. The van der Waals surface area contributed by atoms with Crippen molar-refractivity contribution in [1.82, 2.24) is 15.3 Å². The Kier molecular flexibility index (Phi) is 9.17. The smallest absolute Gasteiger partial charge is 0.387 e. The van der Waals surface area contributed by atoms with E-state index < -0.39 is 29.8 Å². The average molecular weight is 643 g/mol. The lowest BCUT2D eigenvalue weighted by Crippen LogP contribution is -2.43. The Labute approximate surface area is 261 Å². The van der Waals surface area contributed by atoms with Crippen LogP contribution in [0.5, 0.6) is 11.5 Å². The van der Waals surface area contributed by atoms with E-state index in [1.165, 1.54) is 30.5 Å². The van der Waals surface area contributed by atoms with Gasteiger partial charge >= 0.3 is 6.61 Å². The Hall–Kier alpha value is -4.42. The summed E-state index contributed by atoms with van der Waals surface area (Å²) in [6, 6.07) is 9.55. The first-order valence-electron chi connectivity index (χ1n) is 14.2. The molecule has 0 bridgehead atoms. The van der Waals surface area contributed by atoms with E-state index in [1.807, 2.05) is 0 Å². The summed E-state index contributed by atoms with van der Waals surface area (Å²) in [6.07, 6.45) is 2.47. The van der Waals surface area contributed by atoms with Crippen LogP contribution in [0.25, 0.3) is 22.2 Å². The van der Waals surface area contributed by atoms with Crippen molar-refractivity contribution in [1.29, 1.82) is 0 Å². The minimum atomic E-state index is -3.14. The van der Waals surface area contributed by atoms with Crippen LogP contribution in [-0.4, -0.2) is 46.7 Å². The van der Waals surface area contributed by atoms with Gasteiger partial charge in [-0.1, -0.05) is 11.6 Å². The highest BCUT2D eigenvalue weighted by atomic mass is 35.5. The fourth-order valence-electron chi connectivity index (χ4n) is 5.26. The molecule has 45 heavy (non-hydrogen) atoms. The monoisotopic (exact) mass is 642 g/mol. The molecule has 1 atom stereocenters. The van der Waals surface area contributed by atoms with Crippen molar-refractivity contribution in [2.75, 3.05) is 13.2 Å². The van der Waals surface area contributed by atoms with Crippen LogP contribution in [0, 0.1) is 18.7 Å². The molecule has 0 aliphatic heterocycles. The van der Waals surface area contributed by atoms with Crippen LogP contribution in [-0.2, 0) is 16.8 Å². The van der Waals surface area contributed by atoms with Crippen molar-refractivity contribution in [2.45, 2.75) is 45.3 Å². The lowest BCUT2D eigenvalue weighted by molar-refractivity contribution is -0.117. The Morgan fingerprint density at radius 2 is 1.96 bits per heavy atom. The largest absolute Gasteiger partial charge is 0.491 e. The second kappa shape index (κ2) is 12.9. The lowest BCUT2D eigenvalue weighted by Gasteiger charge is -2.30. The minimum absolute atomic E-state index is 0.0107. The van der Waals surface area contributed by atoms with Gasteiger partial charge in [0.1, 0.15) is 28.4 Å². The van der Waals surface area contributed by atoms with Gasteiger partial charge in [0, 0.05) is 28.3 Å². The number of hydrogen-bond donors (Lipinski definition) is 3. The van der Waals surface area contributed by atoms with Gasteiger partial charge in [-0.05, 0) is 80.6 Å². The van der Waals surface area contributed by atoms with E-state index >= 15 is 0 Å². The van der Waals surface area contributed by atoms with Crippen molar-refractivity contribution in [2.24, 2.45) is 11.7 Å². The van der Waals surface area contributed by atoms with Crippen LogP contribution < -0.4 is 20.5 Å². The lowest BCUT2D eigenvalue weighted by atomic mass is 9.90. The van der Waals surface area contributed by atoms with Crippen LogP contribution in [0.4, 0.5) is 13.2 Å². The Morgan fingerprint density at radius 3 is 2.60 bits per heavy atom. The standard InChI is InChI=1S/C32H30ClF3N4O5/c1-3-44-29-18(12-26(37)41)11-25(40-28(29)22-7-6-21(34)13-23(22)33)32(43,20-4-5-20)15-39-30(42)19-9-17-8-16(2)14-38-27(17)24(10-19)45-31(35)36/h6-11,13-14,20,31,43H,3-5,12,15H2,1-2H3,(H2,37,41)(H,39,42)/t32-/m1/s1. The number of nitrogens with two attached hydrogens (primary N) is 1. The Bertz CT molecular complexity index is 1790. The summed E-state index contributed by atoms with van der Waals surface area (Å²) in [7, 11) is 0. The Morgan fingerprint density at radius 1 is 1.20 bits per heavy atom. The van der Waals surface area contributed by atoms with Gasteiger partial charge in [0.25, 0.3) is 5.91 Å². The highest BCUT2D eigenvalue weighted by Gasteiger charge is 2.47. The minimum Gasteiger partial charge on any atom is -0.491 e. The molecule has 1 aliphatic rings. The van der Waals surface area contributed by atoms with Crippen molar-refractivity contribution >= 4 is 34.3 Å². The molecule has 1 fully saturated rings.